The highest BCUT2D eigenvalue weighted by molar-refractivity contribution is 6.29. The topological polar surface area (TPSA) is 41.1 Å². The molecule has 1 rings (SSSR count). The van der Waals surface area contributed by atoms with Gasteiger partial charge in [-0.1, -0.05) is 32.4 Å². The van der Waals surface area contributed by atoms with E-state index in [0.717, 1.165) is 44.2 Å². The van der Waals surface area contributed by atoms with Gasteiger partial charge in [-0.2, -0.15) is 0 Å². The van der Waals surface area contributed by atoms with Gasteiger partial charge in [0.25, 0.3) is 0 Å². The predicted molar refractivity (Wildman–Crippen MR) is 72.7 cm³/mol. The number of nitrogens with zero attached hydrogens (tertiary/aromatic N) is 3. The van der Waals surface area contributed by atoms with Crippen LogP contribution in [0.5, 0.6) is 0 Å². The average Bonchev–Trinajstić information content (AvgIpc) is 2.34. The molecule has 0 radical (unpaired) electrons. The molecule has 0 aromatic carbocycles. The quantitative estimate of drug-likeness (QED) is 0.761. The highest BCUT2D eigenvalue weighted by atomic mass is 35.5. The molecule has 4 nitrogen and oxygen atoms in total. The molecule has 1 aromatic rings. The summed E-state index contributed by atoms with van der Waals surface area (Å²) in [6.07, 6.45) is 0.797. The van der Waals surface area contributed by atoms with Crippen molar-refractivity contribution in [3.63, 3.8) is 0 Å². The van der Waals surface area contributed by atoms with Crippen LogP contribution in [0.3, 0.4) is 0 Å². The fourth-order valence-corrected chi connectivity index (χ4v) is 1.80. The summed E-state index contributed by atoms with van der Waals surface area (Å²) < 4.78 is 0. The van der Waals surface area contributed by atoms with E-state index < -0.39 is 0 Å². The van der Waals surface area contributed by atoms with Crippen LogP contribution in [0.25, 0.3) is 0 Å². The zero-order chi connectivity index (χ0) is 12.7. The van der Waals surface area contributed by atoms with E-state index in [1.165, 1.54) is 0 Å². The Morgan fingerprint density at radius 2 is 1.94 bits per heavy atom. The third-order valence-electron chi connectivity index (χ3n) is 2.69. The molecule has 0 unspecified atom stereocenters. The molecule has 0 fully saturated rings. The van der Waals surface area contributed by atoms with Crippen molar-refractivity contribution >= 4 is 17.4 Å². The van der Waals surface area contributed by atoms with E-state index in [0.29, 0.717) is 5.15 Å². The molecular weight excluding hydrogens is 236 g/mol. The summed E-state index contributed by atoms with van der Waals surface area (Å²) in [6, 6.07) is 1.77. The van der Waals surface area contributed by atoms with Crippen LogP contribution in [-0.2, 0) is 6.42 Å². The van der Waals surface area contributed by atoms with Crippen molar-refractivity contribution in [1.82, 2.24) is 14.9 Å². The average molecular weight is 257 g/mol. The van der Waals surface area contributed by atoms with E-state index in [4.69, 9.17) is 11.6 Å². The largest absolute Gasteiger partial charge is 0.369 e. The first-order valence-electron chi connectivity index (χ1n) is 6.19. The van der Waals surface area contributed by atoms with E-state index in [-0.39, 0.29) is 0 Å². The van der Waals surface area contributed by atoms with Crippen LogP contribution < -0.4 is 5.32 Å². The standard InChI is InChI=1S/C12H21ClN4/c1-4-11-15-10(13)9-12(16-11)14-7-8-17(5-2)6-3/h9H,4-8H2,1-3H3,(H,14,15,16). The number of halogens is 1. The smallest absolute Gasteiger partial charge is 0.134 e. The van der Waals surface area contributed by atoms with Crippen LogP contribution in [0.1, 0.15) is 26.6 Å². The maximum absolute atomic E-state index is 5.92. The zero-order valence-electron chi connectivity index (χ0n) is 10.8. The Bertz CT molecular complexity index is 339. The van der Waals surface area contributed by atoms with Crippen LogP contribution in [0.15, 0.2) is 6.07 Å². The maximum Gasteiger partial charge on any atom is 0.134 e. The third kappa shape index (κ3) is 4.88. The van der Waals surface area contributed by atoms with Crippen molar-refractivity contribution in [3.8, 4) is 0 Å². The second-order valence-electron chi connectivity index (χ2n) is 3.80. The lowest BCUT2D eigenvalue weighted by atomic mass is 10.4. The van der Waals surface area contributed by atoms with Gasteiger partial charge in [0, 0.05) is 25.6 Å². The van der Waals surface area contributed by atoms with Crippen molar-refractivity contribution in [3.05, 3.63) is 17.0 Å². The van der Waals surface area contributed by atoms with Crippen LogP contribution in [-0.4, -0.2) is 41.0 Å². The lowest BCUT2D eigenvalue weighted by Crippen LogP contribution is -2.28. The normalized spacial score (nSPS) is 10.9. The van der Waals surface area contributed by atoms with Crippen molar-refractivity contribution in [2.45, 2.75) is 27.2 Å². The molecule has 0 bridgehead atoms. The van der Waals surface area contributed by atoms with E-state index in [1.807, 2.05) is 6.92 Å². The minimum Gasteiger partial charge on any atom is -0.369 e. The third-order valence-corrected chi connectivity index (χ3v) is 2.88. The van der Waals surface area contributed by atoms with Crippen molar-refractivity contribution in [2.24, 2.45) is 0 Å². The molecule has 1 aromatic heterocycles. The van der Waals surface area contributed by atoms with E-state index in [1.54, 1.807) is 6.07 Å². The van der Waals surface area contributed by atoms with Crippen molar-refractivity contribution in [1.29, 1.82) is 0 Å². The first-order chi connectivity index (χ1) is 8.19. The summed E-state index contributed by atoms with van der Waals surface area (Å²) in [5, 5.41) is 3.78. The molecule has 0 aliphatic rings. The Kier molecular flexibility index (Phi) is 6.22. The lowest BCUT2D eigenvalue weighted by molar-refractivity contribution is 0.316. The lowest BCUT2D eigenvalue weighted by Gasteiger charge is -2.18. The molecule has 1 N–H and O–H groups in total. The Hall–Kier alpha value is -0.870. The fraction of sp³-hybridized carbons (Fsp3) is 0.667. The second-order valence-corrected chi connectivity index (χ2v) is 4.19. The zero-order valence-corrected chi connectivity index (χ0v) is 11.6. The monoisotopic (exact) mass is 256 g/mol. The fourth-order valence-electron chi connectivity index (χ4n) is 1.60. The van der Waals surface area contributed by atoms with Gasteiger partial charge in [0.1, 0.15) is 16.8 Å². The summed E-state index contributed by atoms with van der Waals surface area (Å²) in [5.41, 5.74) is 0. The predicted octanol–water partition coefficient (Wildman–Crippen LogP) is 2.45. The number of nitrogens with one attached hydrogen (secondary N) is 1. The second kappa shape index (κ2) is 7.45. The van der Waals surface area contributed by atoms with Gasteiger partial charge in [0.2, 0.25) is 0 Å². The minimum atomic E-state index is 0.502. The number of hydrogen-bond donors (Lipinski definition) is 1. The van der Waals surface area contributed by atoms with Gasteiger partial charge in [0.15, 0.2) is 0 Å². The summed E-state index contributed by atoms with van der Waals surface area (Å²) >= 11 is 5.92. The van der Waals surface area contributed by atoms with Crippen LogP contribution in [0.2, 0.25) is 5.15 Å². The number of rotatable bonds is 7. The van der Waals surface area contributed by atoms with Gasteiger partial charge in [-0.05, 0) is 13.1 Å². The molecule has 0 spiro atoms. The van der Waals surface area contributed by atoms with E-state index in [2.05, 4.69) is 34.0 Å². The Morgan fingerprint density at radius 3 is 2.53 bits per heavy atom. The number of hydrogen-bond acceptors (Lipinski definition) is 4. The molecule has 0 atom stereocenters. The van der Waals surface area contributed by atoms with Gasteiger partial charge in [-0.25, -0.2) is 9.97 Å². The van der Waals surface area contributed by atoms with Crippen LogP contribution >= 0.6 is 11.6 Å². The Morgan fingerprint density at radius 1 is 1.24 bits per heavy atom. The number of anilines is 1. The van der Waals surface area contributed by atoms with Gasteiger partial charge < -0.3 is 10.2 Å². The van der Waals surface area contributed by atoms with E-state index >= 15 is 0 Å². The van der Waals surface area contributed by atoms with E-state index in [9.17, 15) is 0 Å². The number of likely N-dealkylation sites (N-methyl/N-ethyl adjacent to an activating group) is 1. The molecule has 96 valence electrons. The molecule has 0 aliphatic heterocycles. The minimum absolute atomic E-state index is 0.502. The first kappa shape index (κ1) is 14.2. The highest BCUT2D eigenvalue weighted by Gasteiger charge is 2.02. The molecule has 1 heterocycles. The molecule has 0 amide bonds. The number of aryl methyl sites for hydroxylation is 1. The van der Waals surface area contributed by atoms with Crippen molar-refractivity contribution in [2.75, 3.05) is 31.5 Å². The van der Waals surface area contributed by atoms with Crippen LogP contribution in [0, 0.1) is 0 Å². The van der Waals surface area contributed by atoms with Crippen LogP contribution in [0.4, 0.5) is 5.82 Å². The molecule has 0 saturated heterocycles. The molecule has 5 heteroatoms. The summed E-state index contributed by atoms with van der Waals surface area (Å²) in [4.78, 5) is 10.9. The molecule has 0 aliphatic carbocycles. The molecule has 0 saturated carbocycles. The summed E-state index contributed by atoms with van der Waals surface area (Å²) in [5.74, 6) is 1.59. The maximum atomic E-state index is 5.92. The Labute approximate surface area is 108 Å². The summed E-state index contributed by atoms with van der Waals surface area (Å²) in [6.45, 7) is 10.4. The van der Waals surface area contributed by atoms with Gasteiger partial charge in [0.05, 0.1) is 0 Å². The SMILES string of the molecule is CCc1nc(Cl)cc(NCCN(CC)CC)n1. The molecular formula is C12H21ClN4. The first-order valence-corrected chi connectivity index (χ1v) is 6.57. The highest BCUT2D eigenvalue weighted by Crippen LogP contribution is 2.11. The van der Waals surface area contributed by atoms with Gasteiger partial charge in [-0.15, -0.1) is 0 Å². The molecule has 17 heavy (non-hydrogen) atoms. The van der Waals surface area contributed by atoms with Crippen molar-refractivity contribution < 1.29 is 0 Å². The van der Waals surface area contributed by atoms with Gasteiger partial charge in [-0.3, -0.25) is 0 Å². The number of aromatic nitrogens is 2. The van der Waals surface area contributed by atoms with Gasteiger partial charge >= 0.3 is 0 Å². The Balaban J connectivity index is 2.48. The summed E-state index contributed by atoms with van der Waals surface area (Å²) in [7, 11) is 0.